The summed E-state index contributed by atoms with van der Waals surface area (Å²) < 4.78 is 7.81. The normalized spacial score (nSPS) is 11.4. The van der Waals surface area contributed by atoms with Gasteiger partial charge in [0.25, 0.3) is 0 Å². The van der Waals surface area contributed by atoms with Crippen molar-refractivity contribution in [2.24, 2.45) is 0 Å². The molecule has 3 aromatic heterocycles. The molecule has 170 valence electrons. The fourth-order valence-corrected chi connectivity index (χ4v) is 4.39. The van der Waals surface area contributed by atoms with Crippen molar-refractivity contribution in [1.29, 1.82) is 0 Å². The van der Waals surface area contributed by atoms with E-state index in [4.69, 9.17) is 32.6 Å². The molecule has 0 bridgehead atoms. The number of aryl methyl sites for hydroxylation is 1. The zero-order valence-corrected chi connectivity index (χ0v) is 20.0. The number of carbonyl (C=O) groups is 1. The van der Waals surface area contributed by atoms with Crippen LogP contribution >= 0.6 is 23.2 Å². The van der Waals surface area contributed by atoms with E-state index in [0.29, 0.717) is 38.1 Å². The highest BCUT2D eigenvalue weighted by molar-refractivity contribution is 6.31. The van der Waals surface area contributed by atoms with E-state index in [1.54, 1.807) is 28.8 Å². The van der Waals surface area contributed by atoms with Crippen molar-refractivity contribution >= 4 is 45.6 Å². The lowest BCUT2D eigenvalue weighted by Gasteiger charge is -2.04. The monoisotopic (exact) mass is 497 g/mol. The second-order valence-corrected chi connectivity index (χ2v) is 9.17. The number of fused-ring (bicyclic) bond motifs is 2. The highest BCUT2D eigenvalue weighted by atomic mass is 35.5. The molecule has 0 aliphatic rings. The number of hydrogen-bond acceptors (Lipinski definition) is 4. The predicted molar refractivity (Wildman–Crippen MR) is 138 cm³/mol. The molecule has 0 unspecified atom stereocenters. The standard InChI is InChI=1S/C28H17Cl2N3O2/c1-16-2-11-24-21(14-16)26(28(35-24)27(34)18-5-9-20(30)10-6-18)22-12-13-33-25(31-22)15-23(32-33)17-3-7-19(29)8-4-17/h2-15H,1H3. The molecule has 5 nitrogen and oxygen atoms in total. The van der Waals surface area contributed by atoms with Crippen LogP contribution in [0.5, 0.6) is 0 Å². The number of furan rings is 1. The lowest BCUT2D eigenvalue weighted by molar-refractivity contribution is 0.101. The molecule has 3 aromatic carbocycles. The fraction of sp³-hybridized carbons (Fsp3) is 0.0357. The van der Waals surface area contributed by atoms with Crippen LogP contribution in [0.3, 0.4) is 0 Å². The van der Waals surface area contributed by atoms with E-state index in [0.717, 1.165) is 22.2 Å². The summed E-state index contributed by atoms with van der Waals surface area (Å²) in [5.41, 5.74) is 5.81. The number of nitrogens with zero attached hydrogens (tertiary/aromatic N) is 3. The number of hydrogen-bond donors (Lipinski definition) is 0. The van der Waals surface area contributed by atoms with Gasteiger partial charge in [0.15, 0.2) is 11.4 Å². The topological polar surface area (TPSA) is 60.4 Å². The SMILES string of the molecule is Cc1ccc2oc(C(=O)c3ccc(Cl)cc3)c(-c3ccn4nc(-c5ccc(Cl)cc5)cc4n3)c2c1. The summed E-state index contributed by atoms with van der Waals surface area (Å²) in [6.07, 6.45) is 1.84. The molecule has 7 heteroatoms. The van der Waals surface area contributed by atoms with Crippen molar-refractivity contribution in [2.75, 3.05) is 0 Å². The van der Waals surface area contributed by atoms with Crippen LogP contribution in [0.2, 0.25) is 10.0 Å². The molecule has 6 rings (SSSR count). The van der Waals surface area contributed by atoms with Crippen molar-refractivity contribution in [3.8, 4) is 22.5 Å². The minimum Gasteiger partial charge on any atom is -0.452 e. The second-order valence-electron chi connectivity index (χ2n) is 8.29. The van der Waals surface area contributed by atoms with Crippen LogP contribution in [-0.4, -0.2) is 20.4 Å². The van der Waals surface area contributed by atoms with Crippen molar-refractivity contribution < 1.29 is 9.21 Å². The van der Waals surface area contributed by atoms with Gasteiger partial charge in [-0.2, -0.15) is 5.10 Å². The van der Waals surface area contributed by atoms with Crippen LogP contribution in [0, 0.1) is 6.92 Å². The van der Waals surface area contributed by atoms with E-state index >= 15 is 0 Å². The van der Waals surface area contributed by atoms with E-state index in [2.05, 4.69) is 5.10 Å². The first-order valence-corrected chi connectivity index (χ1v) is 11.7. The van der Waals surface area contributed by atoms with Crippen LogP contribution in [0.15, 0.2) is 89.5 Å². The van der Waals surface area contributed by atoms with Crippen molar-refractivity contribution in [2.45, 2.75) is 6.92 Å². The average Bonchev–Trinajstić information content (AvgIpc) is 3.45. The van der Waals surface area contributed by atoms with Gasteiger partial charge in [0.05, 0.1) is 17.0 Å². The number of rotatable bonds is 4. The minimum atomic E-state index is -0.234. The average molecular weight is 498 g/mol. The molecule has 0 N–H and O–H groups in total. The molecule has 0 amide bonds. The Bertz CT molecular complexity index is 1730. The predicted octanol–water partition coefficient (Wildman–Crippen LogP) is 7.66. The third-order valence-electron chi connectivity index (χ3n) is 5.88. The van der Waals surface area contributed by atoms with Gasteiger partial charge in [0, 0.05) is 38.8 Å². The molecule has 35 heavy (non-hydrogen) atoms. The fourth-order valence-electron chi connectivity index (χ4n) is 4.14. The Hall–Kier alpha value is -3.93. The highest BCUT2D eigenvalue weighted by Crippen LogP contribution is 2.36. The van der Waals surface area contributed by atoms with Gasteiger partial charge in [0.2, 0.25) is 5.78 Å². The van der Waals surface area contributed by atoms with Gasteiger partial charge < -0.3 is 4.42 Å². The van der Waals surface area contributed by atoms with Crippen LogP contribution in [0.1, 0.15) is 21.7 Å². The first kappa shape index (κ1) is 21.6. The molecule has 6 aromatic rings. The Morgan fingerprint density at radius 1 is 0.857 bits per heavy atom. The summed E-state index contributed by atoms with van der Waals surface area (Å²) >= 11 is 12.0. The Morgan fingerprint density at radius 3 is 2.31 bits per heavy atom. The molecule has 0 saturated heterocycles. The first-order valence-electron chi connectivity index (χ1n) is 10.9. The van der Waals surface area contributed by atoms with Gasteiger partial charge in [-0.15, -0.1) is 0 Å². The number of aromatic nitrogens is 3. The summed E-state index contributed by atoms with van der Waals surface area (Å²) in [7, 11) is 0. The number of benzene rings is 3. The van der Waals surface area contributed by atoms with Gasteiger partial charge >= 0.3 is 0 Å². The van der Waals surface area contributed by atoms with Crippen LogP contribution in [0.25, 0.3) is 39.1 Å². The maximum atomic E-state index is 13.5. The molecular formula is C28H17Cl2N3O2. The van der Waals surface area contributed by atoms with Crippen molar-refractivity contribution in [1.82, 2.24) is 14.6 Å². The largest absolute Gasteiger partial charge is 0.452 e. The Morgan fingerprint density at radius 2 is 1.57 bits per heavy atom. The second kappa shape index (κ2) is 8.38. The van der Waals surface area contributed by atoms with E-state index in [1.165, 1.54) is 0 Å². The lowest BCUT2D eigenvalue weighted by atomic mass is 10.0. The minimum absolute atomic E-state index is 0.234. The molecule has 0 spiro atoms. The van der Waals surface area contributed by atoms with E-state index < -0.39 is 0 Å². The number of ketones is 1. The van der Waals surface area contributed by atoms with Gasteiger partial charge in [-0.25, -0.2) is 9.50 Å². The third-order valence-corrected chi connectivity index (χ3v) is 6.38. The Kier molecular flexibility index (Phi) is 5.17. The van der Waals surface area contributed by atoms with E-state index in [1.807, 2.05) is 67.7 Å². The summed E-state index contributed by atoms with van der Waals surface area (Å²) in [6, 6.07) is 23.8. The first-order chi connectivity index (χ1) is 17.0. The molecule has 0 aliphatic heterocycles. The van der Waals surface area contributed by atoms with Gasteiger partial charge in [-0.1, -0.05) is 47.0 Å². The van der Waals surface area contributed by atoms with Gasteiger partial charge in [0.1, 0.15) is 5.58 Å². The maximum absolute atomic E-state index is 13.5. The maximum Gasteiger partial charge on any atom is 0.228 e. The summed E-state index contributed by atoms with van der Waals surface area (Å²) in [5.74, 6) is 0.00441. The van der Waals surface area contributed by atoms with Crippen LogP contribution < -0.4 is 0 Å². The highest BCUT2D eigenvalue weighted by Gasteiger charge is 2.24. The van der Waals surface area contributed by atoms with Gasteiger partial charge in [-0.3, -0.25) is 4.79 Å². The van der Waals surface area contributed by atoms with E-state index in [-0.39, 0.29) is 11.5 Å². The van der Waals surface area contributed by atoms with Crippen LogP contribution in [-0.2, 0) is 0 Å². The van der Waals surface area contributed by atoms with Crippen LogP contribution in [0.4, 0.5) is 0 Å². The Labute approximate surface area is 210 Å². The zero-order valence-electron chi connectivity index (χ0n) is 18.5. The summed E-state index contributed by atoms with van der Waals surface area (Å²) in [6.45, 7) is 2.00. The van der Waals surface area contributed by atoms with E-state index in [9.17, 15) is 4.79 Å². The molecule has 0 radical (unpaired) electrons. The summed E-state index contributed by atoms with van der Waals surface area (Å²) in [4.78, 5) is 18.3. The van der Waals surface area contributed by atoms with Crippen molar-refractivity contribution in [3.63, 3.8) is 0 Å². The molecule has 0 atom stereocenters. The molecule has 0 aliphatic carbocycles. The third kappa shape index (κ3) is 3.89. The molecular weight excluding hydrogens is 481 g/mol. The zero-order chi connectivity index (χ0) is 24.1. The smallest absolute Gasteiger partial charge is 0.228 e. The number of halogens is 2. The lowest BCUT2D eigenvalue weighted by Crippen LogP contribution is -2.02. The molecule has 0 saturated carbocycles. The number of carbonyl (C=O) groups excluding carboxylic acids is 1. The molecule has 3 heterocycles. The Balaban J connectivity index is 1.52. The summed E-state index contributed by atoms with van der Waals surface area (Å²) in [5, 5.41) is 6.69. The van der Waals surface area contributed by atoms with Gasteiger partial charge in [-0.05, 0) is 61.5 Å². The van der Waals surface area contributed by atoms with Crippen molar-refractivity contribution in [3.05, 3.63) is 112 Å². The molecule has 0 fully saturated rings. The quantitative estimate of drug-likeness (QED) is 0.234.